The number of aryl methyl sites for hydroxylation is 1. The predicted molar refractivity (Wildman–Crippen MR) is 96.1 cm³/mol. The van der Waals surface area contributed by atoms with Gasteiger partial charge in [0.2, 0.25) is 15.9 Å². The zero-order valence-corrected chi connectivity index (χ0v) is 15.0. The van der Waals surface area contributed by atoms with E-state index in [1.165, 1.54) is 12.1 Å². The summed E-state index contributed by atoms with van der Waals surface area (Å²) in [7, 11) is -3.92. The van der Waals surface area contributed by atoms with Gasteiger partial charge in [0, 0.05) is 12.1 Å². The van der Waals surface area contributed by atoms with E-state index in [1.807, 2.05) is 4.72 Å². The first-order valence-corrected chi connectivity index (χ1v) is 9.79. The molecule has 142 valence electrons. The number of halogens is 1. The van der Waals surface area contributed by atoms with Crippen LogP contribution in [0.2, 0.25) is 0 Å². The molecule has 0 aliphatic carbocycles. The highest BCUT2D eigenvalue weighted by molar-refractivity contribution is 7.89. The summed E-state index contributed by atoms with van der Waals surface area (Å²) in [6, 6.07) is 9.93. The van der Waals surface area contributed by atoms with Crippen molar-refractivity contribution in [2.45, 2.75) is 18.6 Å². The molecule has 0 saturated heterocycles. The van der Waals surface area contributed by atoms with Gasteiger partial charge in [-0.05, 0) is 47.9 Å². The van der Waals surface area contributed by atoms with Crippen LogP contribution in [0.4, 0.5) is 10.1 Å². The monoisotopic (exact) mass is 392 g/mol. The van der Waals surface area contributed by atoms with E-state index in [0.717, 1.165) is 17.7 Å². The molecule has 2 amide bonds. The van der Waals surface area contributed by atoms with Gasteiger partial charge >= 0.3 is 0 Å². The lowest BCUT2D eigenvalue weighted by molar-refractivity contribution is -0.121. The molecule has 2 N–H and O–H groups in total. The Bertz CT molecular complexity index is 974. The Labute approximate surface area is 155 Å². The molecule has 1 aliphatic heterocycles. The van der Waals surface area contributed by atoms with Crippen molar-refractivity contribution in [3.05, 3.63) is 59.4 Å². The number of ether oxygens (including phenoxy) is 1. The number of anilines is 1. The van der Waals surface area contributed by atoms with Crippen molar-refractivity contribution in [2.24, 2.45) is 0 Å². The Kier molecular flexibility index (Phi) is 5.41. The van der Waals surface area contributed by atoms with E-state index in [2.05, 4.69) is 5.32 Å². The van der Waals surface area contributed by atoms with Gasteiger partial charge in [-0.3, -0.25) is 9.59 Å². The molecule has 2 aromatic rings. The maximum atomic E-state index is 12.9. The van der Waals surface area contributed by atoms with E-state index < -0.39 is 34.1 Å². The van der Waals surface area contributed by atoms with Gasteiger partial charge in [0.25, 0.3) is 5.91 Å². The molecule has 0 atom stereocenters. The molecule has 7 nitrogen and oxygen atoms in total. The molecular formula is C18H17FN2O5S. The number of sulfonamides is 1. The zero-order valence-electron chi connectivity index (χ0n) is 14.2. The maximum absolute atomic E-state index is 12.9. The van der Waals surface area contributed by atoms with Gasteiger partial charge in [-0.2, -0.15) is 0 Å². The molecule has 3 rings (SSSR count). The number of carbonyl (C=O) groups is 2. The van der Waals surface area contributed by atoms with Crippen LogP contribution in [0.3, 0.4) is 0 Å². The van der Waals surface area contributed by atoms with Crippen molar-refractivity contribution in [1.82, 2.24) is 4.72 Å². The minimum atomic E-state index is -3.92. The smallest absolute Gasteiger partial charge is 0.271 e. The molecule has 0 aromatic heterocycles. The summed E-state index contributed by atoms with van der Waals surface area (Å²) in [4.78, 5) is 23.2. The van der Waals surface area contributed by atoms with E-state index in [9.17, 15) is 22.4 Å². The molecule has 1 heterocycles. The summed E-state index contributed by atoms with van der Waals surface area (Å²) in [5, 5.41) is 2.73. The molecule has 2 aromatic carbocycles. The summed E-state index contributed by atoms with van der Waals surface area (Å²) in [6.07, 6.45) is 0.940. The van der Waals surface area contributed by atoms with Crippen LogP contribution in [-0.4, -0.2) is 26.8 Å². The summed E-state index contributed by atoms with van der Waals surface area (Å²) in [5.74, 6) is -1.39. The van der Waals surface area contributed by atoms with Gasteiger partial charge in [0.1, 0.15) is 11.6 Å². The summed E-state index contributed by atoms with van der Waals surface area (Å²) in [5.41, 5.74) is 1.94. The second kappa shape index (κ2) is 7.75. The third-order valence-corrected chi connectivity index (χ3v) is 5.13. The van der Waals surface area contributed by atoms with Crippen LogP contribution in [0, 0.1) is 5.82 Å². The number of amides is 2. The Balaban J connectivity index is 1.54. The fraction of sp³-hybridized carbons (Fsp3) is 0.222. The summed E-state index contributed by atoms with van der Waals surface area (Å²) < 4.78 is 44.1. The molecule has 27 heavy (non-hydrogen) atoms. The highest BCUT2D eigenvalue weighted by Gasteiger charge is 2.18. The van der Waals surface area contributed by atoms with Crippen LogP contribution in [0.1, 0.15) is 17.5 Å². The van der Waals surface area contributed by atoms with Gasteiger partial charge < -0.3 is 10.1 Å². The van der Waals surface area contributed by atoms with Crippen molar-refractivity contribution in [1.29, 1.82) is 0 Å². The third kappa shape index (κ3) is 5.27. The second-order valence-electron chi connectivity index (χ2n) is 6.07. The van der Waals surface area contributed by atoms with Crippen molar-refractivity contribution in [3.63, 3.8) is 0 Å². The third-order valence-electron chi connectivity index (χ3n) is 3.88. The first kappa shape index (κ1) is 18.8. The van der Waals surface area contributed by atoms with Gasteiger partial charge in [-0.25, -0.2) is 17.5 Å². The highest BCUT2D eigenvalue weighted by atomic mass is 32.2. The Morgan fingerprint density at radius 3 is 2.63 bits per heavy atom. The fourth-order valence-corrected chi connectivity index (χ4v) is 3.75. The number of rotatable bonds is 6. The highest BCUT2D eigenvalue weighted by Crippen LogP contribution is 2.26. The molecule has 0 spiro atoms. The van der Waals surface area contributed by atoms with Crippen LogP contribution in [0.5, 0.6) is 5.75 Å². The Hall–Kier alpha value is -2.94. The van der Waals surface area contributed by atoms with Crippen molar-refractivity contribution < 1.29 is 27.1 Å². The van der Waals surface area contributed by atoms with Crippen LogP contribution < -0.4 is 14.8 Å². The van der Waals surface area contributed by atoms with E-state index in [0.29, 0.717) is 29.8 Å². The number of nitrogens with one attached hydrogen (secondary N) is 2. The lowest BCUT2D eigenvalue weighted by Crippen LogP contribution is -2.35. The molecule has 0 radical (unpaired) electrons. The minimum absolute atomic E-state index is 0.0538. The van der Waals surface area contributed by atoms with Gasteiger partial charge in [0.15, 0.2) is 6.61 Å². The van der Waals surface area contributed by atoms with Crippen LogP contribution >= 0.6 is 0 Å². The summed E-state index contributed by atoms with van der Waals surface area (Å²) >= 11 is 0. The lowest BCUT2D eigenvalue weighted by atomic mass is 10.0. The van der Waals surface area contributed by atoms with Gasteiger partial charge in [-0.1, -0.05) is 12.1 Å². The predicted octanol–water partition coefficient (Wildman–Crippen LogP) is 1.74. The number of fused-ring (bicyclic) bond motifs is 1. The van der Waals surface area contributed by atoms with Crippen LogP contribution in [0.15, 0.2) is 42.5 Å². The van der Waals surface area contributed by atoms with Crippen molar-refractivity contribution in [3.8, 4) is 5.75 Å². The van der Waals surface area contributed by atoms with Crippen LogP contribution in [0.25, 0.3) is 0 Å². The normalized spacial score (nSPS) is 13.4. The molecular weight excluding hydrogens is 375 g/mol. The van der Waals surface area contributed by atoms with Gasteiger partial charge in [0.05, 0.1) is 5.75 Å². The quantitative estimate of drug-likeness (QED) is 0.780. The molecule has 0 fully saturated rings. The van der Waals surface area contributed by atoms with E-state index in [-0.39, 0.29) is 5.91 Å². The second-order valence-corrected chi connectivity index (χ2v) is 7.79. The maximum Gasteiger partial charge on any atom is 0.271 e. The zero-order chi connectivity index (χ0) is 19.4. The fourth-order valence-electron chi connectivity index (χ4n) is 2.64. The lowest BCUT2D eigenvalue weighted by Gasteiger charge is -2.17. The van der Waals surface area contributed by atoms with E-state index in [1.54, 1.807) is 18.2 Å². The molecule has 0 saturated carbocycles. The largest absolute Gasteiger partial charge is 0.484 e. The van der Waals surface area contributed by atoms with Gasteiger partial charge in [-0.15, -0.1) is 0 Å². The summed E-state index contributed by atoms with van der Waals surface area (Å²) in [6.45, 7) is -0.478. The Morgan fingerprint density at radius 2 is 1.89 bits per heavy atom. The number of benzene rings is 2. The van der Waals surface area contributed by atoms with Crippen LogP contribution in [-0.2, 0) is 31.8 Å². The first-order valence-electron chi connectivity index (χ1n) is 8.14. The molecule has 9 heteroatoms. The van der Waals surface area contributed by atoms with E-state index >= 15 is 0 Å². The van der Waals surface area contributed by atoms with Crippen molar-refractivity contribution in [2.75, 3.05) is 11.9 Å². The molecule has 1 aliphatic rings. The molecule has 0 bridgehead atoms. The number of hydrogen-bond acceptors (Lipinski definition) is 5. The number of hydrogen-bond donors (Lipinski definition) is 2. The minimum Gasteiger partial charge on any atom is -0.484 e. The van der Waals surface area contributed by atoms with Crippen molar-refractivity contribution >= 4 is 27.5 Å². The first-order chi connectivity index (χ1) is 12.8. The standard InChI is InChI=1S/C18H17FN2O5S/c19-14-4-1-12(2-5-14)11-27(24,25)21-18(23)10-26-15-6-7-16-13(9-15)3-8-17(22)20-16/h1-2,4-7,9H,3,8,10-11H2,(H,20,22)(H,21,23). The van der Waals surface area contributed by atoms with E-state index in [4.69, 9.17) is 4.74 Å². The Morgan fingerprint density at radius 1 is 1.15 bits per heavy atom. The number of carbonyl (C=O) groups excluding carboxylic acids is 2. The SMILES string of the molecule is O=C1CCc2cc(OCC(=O)NS(=O)(=O)Cc3ccc(F)cc3)ccc2N1. The molecule has 0 unspecified atom stereocenters. The average Bonchev–Trinajstić information content (AvgIpc) is 2.61. The topological polar surface area (TPSA) is 102 Å². The average molecular weight is 392 g/mol.